The van der Waals surface area contributed by atoms with Crippen molar-refractivity contribution < 1.29 is 14.7 Å². The van der Waals surface area contributed by atoms with Crippen LogP contribution in [0.1, 0.15) is 22.7 Å². The molecule has 4 rings (SSSR count). The van der Waals surface area contributed by atoms with Gasteiger partial charge in [0.05, 0.1) is 11.6 Å². The molecule has 0 spiro atoms. The molecule has 1 aliphatic heterocycles. The third kappa shape index (κ3) is 3.10. The van der Waals surface area contributed by atoms with Crippen LogP contribution >= 0.6 is 22.9 Å². The summed E-state index contributed by atoms with van der Waals surface area (Å²) in [4.78, 5) is 31.2. The van der Waals surface area contributed by atoms with Gasteiger partial charge in [-0.05, 0) is 24.6 Å². The minimum Gasteiger partial charge on any atom is -0.507 e. The Hall–Kier alpha value is -2.96. The number of nitrogens with zero attached hydrogens (tertiary/aromatic N) is 2. The number of aliphatic hydroxyl groups excluding tert-OH is 1. The average Bonchev–Trinajstić information content (AvgIpc) is 3.30. The lowest BCUT2D eigenvalue weighted by molar-refractivity contribution is -0.132. The minimum atomic E-state index is -0.787. The number of aliphatic hydroxyl groups is 1. The summed E-state index contributed by atoms with van der Waals surface area (Å²) in [7, 11) is 0. The molecule has 0 bridgehead atoms. The van der Waals surface area contributed by atoms with Gasteiger partial charge in [0.2, 0.25) is 0 Å². The molecule has 0 aliphatic carbocycles. The molecule has 2 aromatic carbocycles. The molecule has 1 atom stereocenters. The van der Waals surface area contributed by atoms with Crippen molar-refractivity contribution >= 4 is 45.5 Å². The van der Waals surface area contributed by atoms with E-state index >= 15 is 0 Å². The second kappa shape index (κ2) is 7.22. The predicted molar refractivity (Wildman–Crippen MR) is 110 cm³/mol. The first-order chi connectivity index (χ1) is 13.5. The zero-order valence-electron chi connectivity index (χ0n) is 14.8. The molecule has 1 saturated heterocycles. The number of thiazole rings is 1. The molecule has 1 fully saturated rings. The number of carbonyl (C=O) groups is 2. The molecule has 140 valence electrons. The molecule has 0 unspecified atom stereocenters. The SMILES string of the molecule is Cc1ccc(C(O)=C2C(=O)C(=O)N(c3nccs3)[C@H]2c2ccc(Cl)cc2)cc1. The van der Waals surface area contributed by atoms with Gasteiger partial charge in [-0.25, -0.2) is 4.98 Å². The Labute approximate surface area is 170 Å². The number of amides is 1. The van der Waals surface area contributed by atoms with E-state index in [2.05, 4.69) is 4.98 Å². The van der Waals surface area contributed by atoms with Crippen LogP contribution in [0.5, 0.6) is 0 Å². The highest BCUT2D eigenvalue weighted by molar-refractivity contribution is 7.14. The van der Waals surface area contributed by atoms with Crippen LogP contribution in [0.3, 0.4) is 0 Å². The van der Waals surface area contributed by atoms with Crippen molar-refractivity contribution in [1.29, 1.82) is 0 Å². The molecule has 2 heterocycles. The predicted octanol–water partition coefficient (Wildman–Crippen LogP) is 4.73. The zero-order valence-corrected chi connectivity index (χ0v) is 16.4. The van der Waals surface area contributed by atoms with E-state index in [9.17, 15) is 14.7 Å². The highest BCUT2D eigenvalue weighted by atomic mass is 35.5. The molecule has 1 aromatic heterocycles. The van der Waals surface area contributed by atoms with Gasteiger partial charge in [-0.1, -0.05) is 53.6 Å². The summed E-state index contributed by atoms with van der Waals surface area (Å²) in [6, 6.07) is 13.2. The van der Waals surface area contributed by atoms with E-state index in [1.165, 1.54) is 16.2 Å². The minimum absolute atomic E-state index is 0.0337. The lowest BCUT2D eigenvalue weighted by Gasteiger charge is -2.23. The zero-order chi connectivity index (χ0) is 19.8. The van der Waals surface area contributed by atoms with Crippen LogP contribution < -0.4 is 4.90 Å². The molecule has 1 amide bonds. The fourth-order valence-electron chi connectivity index (χ4n) is 3.19. The first kappa shape index (κ1) is 18.4. The number of aromatic nitrogens is 1. The summed E-state index contributed by atoms with van der Waals surface area (Å²) in [5, 5.41) is 13.6. The normalized spacial score (nSPS) is 18.6. The maximum absolute atomic E-state index is 12.9. The van der Waals surface area contributed by atoms with Crippen molar-refractivity contribution in [2.45, 2.75) is 13.0 Å². The van der Waals surface area contributed by atoms with Gasteiger partial charge in [0.1, 0.15) is 5.76 Å². The van der Waals surface area contributed by atoms with Crippen molar-refractivity contribution in [2.75, 3.05) is 4.90 Å². The molecular formula is C21H15ClN2O3S. The van der Waals surface area contributed by atoms with E-state index in [0.29, 0.717) is 21.3 Å². The monoisotopic (exact) mass is 410 g/mol. The molecule has 1 N–H and O–H groups in total. The highest BCUT2D eigenvalue weighted by Crippen LogP contribution is 2.42. The lowest BCUT2D eigenvalue weighted by atomic mass is 9.95. The summed E-state index contributed by atoms with van der Waals surface area (Å²) in [6.07, 6.45) is 1.57. The van der Waals surface area contributed by atoms with E-state index in [0.717, 1.165) is 5.56 Å². The van der Waals surface area contributed by atoms with Crippen LogP contribution in [0.25, 0.3) is 5.76 Å². The molecule has 28 heavy (non-hydrogen) atoms. The second-order valence-corrected chi connectivity index (χ2v) is 7.71. The van der Waals surface area contributed by atoms with Gasteiger partial charge < -0.3 is 5.11 Å². The van der Waals surface area contributed by atoms with Crippen molar-refractivity contribution in [3.63, 3.8) is 0 Å². The summed E-state index contributed by atoms with van der Waals surface area (Å²) in [5.41, 5.74) is 2.19. The van der Waals surface area contributed by atoms with E-state index in [4.69, 9.17) is 11.6 Å². The Kier molecular flexibility index (Phi) is 4.75. The van der Waals surface area contributed by atoms with Gasteiger partial charge in [-0.15, -0.1) is 11.3 Å². The first-order valence-corrected chi connectivity index (χ1v) is 9.76. The van der Waals surface area contributed by atoms with E-state index in [1.807, 2.05) is 19.1 Å². The van der Waals surface area contributed by atoms with Gasteiger partial charge in [-0.2, -0.15) is 0 Å². The third-order valence-electron chi connectivity index (χ3n) is 4.58. The van der Waals surface area contributed by atoms with Crippen LogP contribution in [0.4, 0.5) is 5.13 Å². The highest BCUT2D eigenvalue weighted by Gasteiger charge is 2.47. The van der Waals surface area contributed by atoms with E-state index < -0.39 is 17.7 Å². The number of hydrogen-bond donors (Lipinski definition) is 1. The van der Waals surface area contributed by atoms with Gasteiger partial charge in [0.15, 0.2) is 5.13 Å². The Bertz CT molecular complexity index is 1070. The number of carbonyl (C=O) groups excluding carboxylic acids is 2. The number of ketones is 1. The Balaban J connectivity index is 1.93. The number of halogens is 1. The smallest absolute Gasteiger partial charge is 0.301 e. The molecule has 1 aliphatic rings. The van der Waals surface area contributed by atoms with Gasteiger partial charge >= 0.3 is 5.91 Å². The number of rotatable bonds is 3. The number of Topliss-reactive ketones (excluding diaryl/α,β-unsaturated/α-hetero) is 1. The maximum Gasteiger partial charge on any atom is 0.301 e. The largest absolute Gasteiger partial charge is 0.507 e. The quantitative estimate of drug-likeness (QED) is 0.385. The number of hydrogen-bond acceptors (Lipinski definition) is 5. The Morgan fingerprint density at radius 1 is 1.11 bits per heavy atom. The third-order valence-corrected chi connectivity index (χ3v) is 5.60. The van der Waals surface area contributed by atoms with Crippen molar-refractivity contribution in [3.05, 3.63) is 87.4 Å². The second-order valence-electron chi connectivity index (χ2n) is 6.40. The summed E-state index contributed by atoms with van der Waals surface area (Å²) < 4.78 is 0. The van der Waals surface area contributed by atoms with Gasteiger partial charge in [-0.3, -0.25) is 14.5 Å². The lowest BCUT2D eigenvalue weighted by Crippen LogP contribution is -2.29. The standard InChI is InChI=1S/C21H15ClN2O3S/c1-12-2-4-14(5-3-12)18(25)16-17(13-6-8-15(22)9-7-13)24(20(27)19(16)26)21-23-10-11-28-21/h2-11,17,25H,1H3/t17-/m0/s1. The van der Waals surface area contributed by atoms with Crippen LogP contribution in [0, 0.1) is 6.92 Å². The fraction of sp³-hybridized carbons (Fsp3) is 0.0952. The van der Waals surface area contributed by atoms with Crippen LogP contribution in [0.2, 0.25) is 5.02 Å². The van der Waals surface area contributed by atoms with Crippen molar-refractivity contribution in [1.82, 2.24) is 4.98 Å². The average molecular weight is 411 g/mol. The molecular weight excluding hydrogens is 396 g/mol. The Morgan fingerprint density at radius 2 is 1.79 bits per heavy atom. The van der Waals surface area contributed by atoms with Crippen LogP contribution in [0.15, 0.2) is 65.7 Å². The molecule has 0 radical (unpaired) electrons. The summed E-state index contributed by atoms with van der Waals surface area (Å²) in [6.45, 7) is 1.93. The number of benzene rings is 2. The Morgan fingerprint density at radius 3 is 2.39 bits per heavy atom. The number of anilines is 1. The first-order valence-electron chi connectivity index (χ1n) is 8.50. The molecule has 5 nitrogen and oxygen atoms in total. The van der Waals surface area contributed by atoms with E-state index in [-0.39, 0.29) is 11.3 Å². The van der Waals surface area contributed by atoms with Crippen molar-refractivity contribution in [3.8, 4) is 0 Å². The fourth-order valence-corrected chi connectivity index (χ4v) is 3.99. The van der Waals surface area contributed by atoms with E-state index in [1.54, 1.807) is 48.0 Å². The van der Waals surface area contributed by atoms with Gasteiger partial charge in [0, 0.05) is 22.2 Å². The van der Waals surface area contributed by atoms with Gasteiger partial charge in [0.25, 0.3) is 5.78 Å². The molecule has 7 heteroatoms. The van der Waals surface area contributed by atoms with Crippen LogP contribution in [-0.2, 0) is 9.59 Å². The summed E-state index contributed by atoms with van der Waals surface area (Å²) in [5.74, 6) is -1.67. The molecule has 0 saturated carbocycles. The topological polar surface area (TPSA) is 70.5 Å². The maximum atomic E-state index is 12.9. The van der Waals surface area contributed by atoms with Crippen LogP contribution in [-0.4, -0.2) is 21.8 Å². The van der Waals surface area contributed by atoms with Crippen molar-refractivity contribution in [2.24, 2.45) is 0 Å². The summed E-state index contributed by atoms with van der Waals surface area (Å²) >= 11 is 7.25. The molecule has 3 aromatic rings. The number of aryl methyl sites for hydroxylation is 1.